The molecule has 3 heterocycles. The quantitative estimate of drug-likeness (QED) is 0.433. The van der Waals surface area contributed by atoms with Crippen LogP contribution in [0.4, 0.5) is 5.82 Å². The van der Waals surface area contributed by atoms with Crippen molar-refractivity contribution in [2.45, 2.75) is 40.5 Å². The Bertz CT molecular complexity index is 1150. The smallest absolute Gasteiger partial charge is 0.247 e. The predicted octanol–water partition coefficient (Wildman–Crippen LogP) is 5.05. The van der Waals surface area contributed by atoms with Gasteiger partial charge in [-0.1, -0.05) is 43.2 Å². The number of allylic oxidation sites excluding steroid dienone is 1. The summed E-state index contributed by atoms with van der Waals surface area (Å²) in [4.78, 5) is 13.7. The number of hydrogen-bond donors (Lipinski definition) is 0. The van der Waals surface area contributed by atoms with Gasteiger partial charge in [0.2, 0.25) is 11.8 Å². The lowest BCUT2D eigenvalue weighted by Crippen LogP contribution is -2.49. The predicted molar refractivity (Wildman–Crippen MR) is 143 cm³/mol. The molecule has 0 N–H and O–H groups in total. The second-order valence-electron chi connectivity index (χ2n) is 10.8. The van der Waals surface area contributed by atoms with Gasteiger partial charge in [0.1, 0.15) is 5.82 Å². The number of piperazine rings is 1. The Kier molecular flexibility index (Phi) is 7.46. The minimum Gasteiger partial charge on any atom is -0.421 e. The highest BCUT2D eigenvalue weighted by molar-refractivity contribution is 5.52. The van der Waals surface area contributed by atoms with Gasteiger partial charge in [-0.05, 0) is 56.1 Å². The van der Waals surface area contributed by atoms with Gasteiger partial charge in [0, 0.05) is 57.1 Å². The van der Waals surface area contributed by atoms with Crippen LogP contribution < -0.4 is 4.90 Å². The first-order chi connectivity index (χ1) is 17.5. The Morgan fingerprint density at radius 1 is 1.00 bits per heavy atom. The van der Waals surface area contributed by atoms with Crippen molar-refractivity contribution in [2.75, 3.05) is 37.6 Å². The summed E-state index contributed by atoms with van der Waals surface area (Å²) in [6.07, 6.45) is 9.91. The van der Waals surface area contributed by atoms with Crippen LogP contribution in [-0.2, 0) is 6.42 Å². The van der Waals surface area contributed by atoms with Crippen LogP contribution >= 0.6 is 0 Å². The first-order valence-corrected chi connectivity index (χ1v) is 13.3. The molecule has 1 fully saturated rings. The second-order valence-corrected chi connectivity index (χ2v) is 10.8. The van der Waals surface area contributed by atoms with Gasteiger partial charge in [-0.3, -0.25) is 9.88 Å². The molecule has 3 unspecified atom stereocenters. The summed E-state index contributed by atoms with van der Waals surface area (Å²) in [6.45, 7) is 14.4. The molecule has 2 aromatic heterocycles. The van der Waals surface area contributed by atoms with Crippen LogP contribution in [0.15, 0.2) is 58.9 Å². The van der Waals surface area contributed by atoms with Crippen molar-refractivity contribution < 1.29 is 4.42 Å². The van der Waals surface area contributed by atoms with Crippen molar-refractivity contribution >= 4 is 5.82 Å². The van der Waals surface area contributed by atoms with E-state index in [1.54, 1.807) is 12.4 Å². The molecule has 36 heavy (non-hydrogen) atoms. The maximum atomic E-state index is 6.08. The lowest BCUT2D eigenvalue weighted by molar-refractivity contribution is 0.155. The summed E-state index contributed by atoms with van der Waals surface area (Å²) in [5, 5.41) is 8.72. The lowest BCUT2D eigenvalue weighted by Gasteiger charge is -2.41. The SMILES string of the molecule is CC1=CC(CN2CCN(c3cnccn3)CC2)C(C(C)C)CC1Cc1nnc(-c2ccc(C)cc2)o1. The fourth-order valence-electron chi connectivity index (χ4n) is 5.76. The third kappa shape index (κ3) is 5.67. The minimum absolute atomic E-state index is 0.452. The van der Waals surface area contributed by atoms with Gasteiger partial charge in [-0.15, -0.1) is 10.2 Å². The van der Waals surface area contributed by atoms with E-state index >= 15 is 0 Å². The summed E-state index contributed by atoms with van der Waals surface area (Å²) >= 11 is 0. The van der Waals surface area contributed by atoms with Crippen LogP contribution in [0.3, 0.4) is 0 Å². The van der Waals surface area contributed by atoms with Crippen molar-refractivity contribution in [1.82, 2.24) is 25.1 Å². The van der Waals surface area contributed by atoms with Crippen LogP contribution in [-0.4, -0.2) is 57.8 Å². The van der Waals surface area contributed by atoms with E-state index in [4.69, 9.17) is 4.42 Å². The zero-order valence-corrected chi connectivity index (χ0v) is 22.0. The highest BCUT2D eigenvalue weighted by atomic mass is 16.4. The average molecular weight is 487 g/mol. The van der Waals surface area contributed by atoms with Crippen LogP contribution in [0.2, 0.25) is 0 Å². The molecule has 0 spiro atoms. The largest absolute Gasteiger partial charge is 0.421 e. The van der Waals surface area contributed by atoms with Gasteiger partial charge < -0.3 is 9.32 Å². The van der Waals surface area contributed by atoms with Crippen LogP contribution in [0.1, 0.15) is 38.6 Å². The van der Waals surface area contributed by atoms with Gasteiger partial charge in [-0.2, -0.15) is 0 Å². The second kappa shape index (κ2) is 10.9. The Morgan fingerprint density at radius 3 is 2.47 bits per heavy atom. The zero-order chi connectivity index (χ0) is 25.1. The molecule has 3 atom stereocenters. The molecule has 0 saturated carbocycles. The number of rotatable bonds is 7. The molecule has 0 bridgehead atoms. The highest BCUT2D eigenvalue weighted by Gasteiger charge is 2.34. The Labute approximate surface area is 214 Å². The fraction of sp³-hybridized carbons (Fsp3) is 0.517. The number of nitrogens with zero attached hydrogens (tertiary/aromatic N) is 6. The number of anilines is 1. The van der Waals surface area contributed by atoms with E-state index in [2.05, 4.69) is 75.9 Å². The van der Waals surface area contributed by atoms with Gasteiger partial charge in [-0.25, -0.2) is 4.98 Å². The molecule has 1 aliphatic carbocycles. The maximum absolute atomic E-state index is 6.08. The van der Waals surface area contributed by atoms with E-state index in [-0.39, 0.29) is 0 Å². The summed E-state index contributed by atoms with van der Waals surface area (Å²) < 4.78 is 6.08. The topological polar surface area (TPSA) is 71.2 Å². The standard InChI is InChI=1S/C29H38N6O/c1-20(2)26-16-24(17-28-32-33-29(36-28)23-7-5-21(3)6-8-23)22(4)15-25(26)19-34-11-13-35(14-12-34)27-18-30-9-10-31-27/h5-10,15,18,20,24-26H,11-14,16-17,19H2,1-4H3. The normalized spacial score (nSPS) is 23.2. The van der Waals surface area contributed by atoms with Crippen molar-refractivity contribution in [2.24, 2.45) is 23.7 Å². The van der Waals surface area contributed by atoms with Gasteiger partial charge in [0.25, 0.3) is 0 Å². The highest BCUT2D eigenvalue weighted by Crippen LogP contribution is 2.39. The van der Waals surface area contributed by atoms with Crippen molar-refractivity contribution in [3.63, 3.8) is 0 Å². The number of aryl methyl sites for hydroxylation is 1. The average Bonchev–Trinajstić information content (AvgIpc) is 3.35. The van der Waals surface area contributed by atoms with Gasteiger partial charge >= 0.3 is 0 Å². The van der Waals surface area contributed by atoms with Gasteiger partial charge in [0.05, 0.1) is 6.20 Å². The number of benzene rings is 1. The van der Waals surface area contributed by atoms with Crippen molar-refractivity contribution in [3.05, 3.63) is 66.0 Å². The van der Waals surface area contributed by atoms with E-state index in [1.165, 1.54) is 17.6 Å². The first-order valence-electron chi connectivity index (χ1n) is 13.3. The van der Waals surface area contributed by atoms with E-state index in [0.717, 1.165) is 56.4 Å². The summed E-state index contributed by atoms with van der Waals surface area (Å²) in [5.41, 5.74) is 3.67. The minimum atomic E-state index is 0.452. The fourth-order valence-corrected chi connectivity index (χ4v) is 5.76. The molecule has 5 rings (SSSR count). The van der Waals surface area contributed by atoms with E-state index in [0.29, 0.717) is 29.6 Å². The molecule has 2 aliphatic rings. The molecular weight excluding hydrogens is 448 g/mol. The molecule has 0 radical (unpaired) electrons. The number of hydrogen-bond acceptors (Lipinski definition) is 7. The molecule has 190 valence electrons. The zero-order valence-electron chi connectivity index (χ0n) is 22.0. The summed E-state index contributed by atoms with van der Waals surface area (Å²) in [7, 11) is 0. The molecule has 1 aliphatic heterocycles. The summed E-state index contributed by atoms with van der Waals surface area (Å²) in [5.74, 6) is 4.65. The van der Waals surface area contributed by atoms with Crippen LogP contribution in [0.25, 0.3) is 11.5 Å². The Morgan fingerprint density at radius 2 is 1.78 bits per heavy atom. The van der Waals surface area contributed by atoms with Crippen molar-refractivity contribution in [1.29, 1.82) is 0 Å². The number of aromatic nitrogens is 4. The van der Waals surface area contributed by atoms with E-state index in [1.807, 2.05) is 18.3 Å². The molecule has 3 aromatic rings. The van der Waals surface area contributed by atoms with Crippen LogP contribution in [0.5, 0.6) is 0 Å². The van der Waals surface area contributed by atoms with E-state index in [9.17, 15) is 0 Å². The first kappa shape index (κ1) is 24.6. The maximum Gasteiger partial charge on any atom is 0.247 e. The van der Waals surface area contributed by atoms with Gasteiger partial charge in [0.15, 0.2) is 0 Å². The third-order valence-electron chi connectivity index (χ3n) is 7.99. The Hall–Kier alpha value is -3.06. The monoisotopic (exact) mass is 486 g/mol. The molecule has 1 saturated heterocycles. The Balaban J connectivity index is 1.22. The molecule has 0 amide bonds. The third-order valence-corrected chi connectivity index (χ3v) is 7.99. The molecular formula is C29H38N6O. The molecule has 1 aromatic carbocycles. The van der Waals surface area contributed by atoms with Crippen molar-refractivity contribution in [3.8, 4) is 11.5 Å². The molecule has 7 nitrogen and oxygen atoms in total. The lowest BCUT2D eigenvalue weighted by atomic mass is 9.69. The van der Waals surface area contributed by atoms with E-state index < -0.39 is 0 Å². The molecule has 7 heteroatoms. The van der Waals surface area contributed by atoms with Crippen LogP contribution in [0, 0.1) is 30.6 Å². The summed E-state index contributed by atoms with van der Waals surface area (Å²) in [6, 6.07) is 8.25.